The Kier molecular flexibility index (Phi) is 5.14. The predicted molar refractivity (Wildman–Crippen MR) is 86.2 cm³/mol. The number of anilines is 2. The average molecular weight is 302 g/mol. The molecule has 0 fully saturated rings. The molecule has 0 aliphatic carbocycles. The van der Waals surface area contributed by atoms with Crippen molar-refractivity contribution in [1.82, 2.24) is 9.97 Å². The van der Waals surface area contributed by atoms with Gasteiger partial charge in [0.25, 0.3) is 5.91 Å². The van der Waals surface area contributed by atoms with Crippen LogP contribution in [0.15, 0.2) is 22.9 Å². The summed E-state index contributed by atoms with van der Waals surface area (Å²) in [4.78, 5) is 20.5. The molecule has 0 unspecified atom stereocenters. The van der Waals surface area contributed by atoms with Gasteiger partial charge in [0.15, 0.2) is 11.6 Å². The number of aromatic nitrogens is 2. The molecule has 2 aromatic heterocycles. The minimum Gasteiger partial charge on any atom is -0.445 e. The van der Waals surface area contributed by atoms with E-state index < -0.39 is 0 Å². The van der Waals surface area contributed by atoms with Gasteiger partial charge in [-0.05, 0) is 25.8 Å². The largest absolute Gasteiger partial charge is 0.445 e. The summed E-state index contributed by atoms with van der Waals surface area (Å²) in [5, 5.41) is 6.27. The van der Waals surface area contributed by atoms with Crippen LogP contribution < -0.4 is 10.6 Å². The van der Waals surface area contributed by atoms with Crippen molar-refractivity contribution in [2.75, 3.05) is 10.6 Å². The van der Waals surface area contributed by atoms with E-state index >= 15 is 0 Å². The van der Waals surface area contributed by atoms with Gasteiger partial charge in [0.1, 0.15) is 5.76 Å². The third-order valence-electron chi connectivity index (χ3n) is 3.53. The van der Waals surface area contributed by atoms with Crippen molar-refractivity contribution >= 4 is 17.3 Å². The van der Waals surface area contributed by atoms with Gasteiger partial charge in [-0.15, -0.1) is 0 Å². The molecule has 118 valence electrons. The number of aryl methyl sites for hydroxylation is 2. The van der Waals surface area contributed by atoms with E-state index in [9.17, 15) is 4.79 Å². The molecule has 0 aliphatic rings. The Bertz CT molecular complexity index is 647. The Balaban J connectivity index is 2.19. The molecule has 2 rings (SSSR count). The third-order valence-corrected chi connectivity index (χ3v) is 3.53. The fourth-order valence-electron chi connectivity index (χ4n) is 2.25. The Morgan fingerprint density at radius 3 is 2.59 bits per heavy atom. The molecular formula is C16H22N4O2. The molecule has 0 aromatic carbocycles. The summed E-state index contributed by atoms with van der Waals surface area (Å²) in [7, 11) is 0. The van der Waals surface area contributed by atoms with Crippen LogP contribution in [0, 0.1) is 13.8 Å². The molecule has 0 saturated carbocycles. The summed E-state index contributed by atoms with van der Waals surface area (Å²) >= 11 is 0. The summed E-state index contributed by atoms with van der Waals surface area (Å²) in [6.07, 6.45) is 5.35. The number of nitrogens with zero attached hydrogens (tertiary/aromatic N) is 2. The van der Waals surface area contributed by atoms with Gasteiger partial charge in [-0.3, -0.25) is 9.78 Å². The lowest BCUT2D eigenvalue weighted by atomic mass is 10.1. The van der Waals surface area contributed by atoms with Gasteiger partial charge in [0.2, 0.25) is 0 Å². The molecule has 1 amide bonds. The molecule has 0 radical (unpaired) electrons. The maximum Gasteiger partial charge on any atom is 0.278 e. The Labute approximate surface area is 130 Å². The number of pyridine rings is 1. The molecule has 22 heavy (non-hydrogen) atoms. The fourth-order valence-corrected chi connectivity index (χ4v) is 2.25. The van der Waals surface area contributed by atoms with E-state index in [0.717, 1.165) is 18.5 Å². The molecule has 0 saturated heterocycles. The zero-order chi connectivity index (χ0) is 16.1. The van der Waals surface area contributed by atoms with Crippen molar-refractivity contribution in [2.24, 2.45) is 0 Å². The minimum atomic E-state index is -0.296. The van der Waals surface area contributed by atoms with Crippen LogP contribution in [0.25, 0.3) is 0 Å². The second-order valence-corrected chi connectivity index (χ2v) is 5.17. The van der Waals surface area contributed by atoms with E-state index in [1.165, 1.54) is 0 Å². The zero-order valence-electron chi connectivity index (χ0n) is 13.4. The van der Waals surface area contributed by atoms with Crippen LogP contribution in [0.5, 0.6) is 0 Å². The van der Waals surface area contributed by atoms with Gasteiger partial charge >= 0.3 is 0 Å². The molecule has 2 aromatic rings. The number of nitrogens with one attached hydrogen (secondary N) is 2. The zero-order valence-corrected chi connectivity index (χ0v) is 13.4. The smallest absolute Gasteiger partial charge is 0.278 e. The number of oxazole rings is 1. The number of carbonyl (C=O) groups is 1. The summed E-state index contributed by atoms with van der Waals surface area (Å²) < 4.78 is 5.30. The van der Waals surface area contributed by atoms with Crippen LogP contribution >= 0.6 is 0 Å². The molecule has 2 heterocycles. The molecular weight excluding hydrogens is 280 g/mol. The van der Waals surface area contributed by atoms with Crippen LogP contribution in [0.3, 0.4) is 0 Å². The topological polar surface area (TPSA) is 80.0 Å². The highest BCUT2D eigenvalue weighted by molar-refractivity contribution is 6.05. The normalized spacial score (nSPS) is 10.8. The lowest BCUT2D eigenvalue weighted by Gasteiger charge is -2.18. The standard InChI is InChI=1S/C16H22N4O2/c1-5-12(6-2)19-13-7-8-17-9-14(13)20-16(21)15-10(3)22-11(4)18-15/h7-9,12H,5-6H2,1-4H3,(H,17,19)(H,20,21). The lowest BCUT2D eigenvalue weighted by molar-refractivity contribution is 0.102. The first-order chi connectivity index (χ1) is 10.5. The van der Waals surface area contributed by atoms with Crippen LogP contribution in [-0.2, 0) is 0 Å². The van der Waals surface area contributed by atoms with Crippen molar-refractivity contribution in [3.05, 3.63) is 35.8 Å². The number of carbonyl (C=O) groups excluding carboxylic acids is 1. The van der Waals surface area contributed by atoms with E-state index in [-0.39, 0.29) is 5.91 Å². The monoisotopic (exact) mass is 302 g/mol. The Morgan fingerprint density at radius 1 is 1.27 bits per heavy atom. The van der Waals surface area contributed by atoms with Crippen LogP contribution in [0.1, 0.15) is 48.8 Å². The highest BCUT2D eigenvalue weighted by Gasteiger charge is 2.17. The van der Waals surface area contributed by atoms with Gasteiger partial charge in [-0.25, -0.2) is 4.98 Å². The Morgan fingerprint density at radius 2 is 2.00 bits per heavy atom. The SMILES string of the molecule is CCC(CC)Nc1ccncc1NC(=O)c1nc(C)oc1C. The van der Waals surface area contributed by atoms with Crippen LogP contribution in [0.4, 0.5) is 11.4 Å². The predicted octanol–water partition coefficient (Wildman–Crippen LogP) is 3.54. The average Bonchev–Trinajstić information content (AvgIpc) is 2.85. The van der Waals surface area contributed by atoms with Crippen LogP contribution in [-0.4, -0.2) is 21.9 Å². The third kappa shape index (κ3) is 3.63. The minimum absolute atomic E-state index is 0.296. The second kappa shape index (κ2) is 7.06. The van der Waals surface area contributed by atoms with E-state index in [1.807, 2.05) is 6.07 Å². The first kappa shape index (κ1) is 16.0. The maximum absolute atomic E-state index is 12.3. The molecule has 2 N–H and O–H groups in total. The van der Waals surface area contributed by atoms with Gasteiger partial charge in [0, 0.05) is 19.2 Å². The summed E-state index contributed by atoms with van der Waals surface area (Å²) in [6.45, 7) is 7.69. The molecule has 0 atom stereocenters. The molecule has 0 bridgehead atoms. The highest BCUT2D eigenvalue weighted by Crippen LogP contribution is 2.23. The molecule has 0 spiro atoms. The first-order valence-corrected chi connectivity index (χ1v) is 7.51. The van der Waals surface area contributed by atoms with Crippen molar-refractivity contribution in [3.8, 4) is 0 Å². The highest BCUT2D eigenvalue weighted by atomic mass is 16.4. The number of hydrogen-bond donors (Lipinski definition) is 2. The Hall–Kier alpha value is -2.37. The van der Waals surface area contributed by atoms with E-state index in [4.69, 9.17) is 4.42 Å². The van der Waals surface area contributed by atoms with E-state index in [0.29, 0.717) is 29.1 Å². The number of amides is 1. The van der Waals surface area contributed by atoms with E-state index in [2.05, 4.69) is 34.4 Å². The van der Waals surface area contributed by atoms with Crippen molar-refractivity contribution in [2.45, 2.75) is 46.6 Å². The van der Waals surface area contributed by atoms with Crippen molar-refractivity contribution in [1.29, 1.82) is 0 Å². The van der Waals surface area contributed by atoms with Crippen molar-refractivity contribution < 1.29 is 9.21 Å². The van der Waals surface area contributed by atoms with Gasteiger partial charge < -0.3 is 15.1 Å². The van der Waals surface area contributed by atoms with Gasteiger partial charge in [-0.2, -0.15) is 0 Å². The first-order valence-electron chi connectivity index (χ1n) is 7.51. The number of hydrogen-bond acceptors (Lipinski definition) is 5. The van der Waals surface area contributed by atoms with Gasteiger partial charge in [-0.1, -0.05) is 13.8 Å². The number of rotatable bonds is 6. The lowest BCUT2D eigenvalue weighted by Crippen LogP contribution is -2.20. The second-order valence-electron chi connectivity index (χ2n) is 5.17. The van der Waals surface area contributed by atoms with E-state index in [1.54, 1.807) is 26.2 Å². The summed E-state index contributed by atoms with van der Waals surface area (Å²) in [5.41, 5.74) is 1.80. The summed E-state index contributed by atoms with van der Waals surface area (Å²) in [6, 6.07) is 2.21. The van der Waals surface area contributed by atoms with Gasteiger partial charge in [0.05, 0.1) is 17.6 Å². The molecule has 6 heteroatoms. The van der Waals surface area contributed by atoms with Crippen molar-refractivity contribution in [3.63, 3.8) is 0 Å². The fraction of sp³-hybridized carbons (Fsp3) is 0.438. The molecule has 0 aliphatic heterocycles. The summed E-state index contributed by atoms with van der Waals surface area (Å²) in [5.74, 6) is 0.688. The maximum atomic E-state index is 12.3. The van der Waals surface area contributed by atoms with Crippen LogP contribution in [0.2, 0.25) is 0 Å². The quantitative estimate of drug-likeness (QED) is 0.853. The molecule has 6 nitrogen and oxygen atoms in total.